The first-order valence-electron chi connectivity index (χ1n) is 6.88. The minimum Gasteiger partial charge on any atom is -0.350 e. The first-order chi connectivity index (χ1) is 10.3. The number of carbonyl (C=O) groups excluding carboxylic acids is 3. The van der Waals surface area contributed by atoms with E-state index in [1.807, 2.05) is 51.1 Å². The molecule has 0 spiro atoms. The van der Waals surface area contributed by atoms with Gasteiger partial charge in [-0.25, -0.2) is 0 Å². The molecular weight excluding hydrogens is 300 g/mol. The molecule has 2 rings (SSSR count). The molecule has 0 aliphatic carbocycles. The Morgan fingerprint density at radius 1 is 1.23 bits per heavy atom. The molecule has 1 saturated heterocycles. The third kappa shape index (κ3) is 4.21. The summed E-state index contributed by atoms with van der Waals surface area (Å²) in [5.74, 6) is -0.779. The standard InChI is InChI=1S/C16H18N2O3S/c1-16(2,3)17-13(19)10-18-14(20)12(22-15(18)21)9-11-7-5-4-6-8-11/h4-9H,10H2,1-3H3,(H,17,19). The molecule has 116 valence electrons. The molecule has 1 N–H and O–H groups in total. The lowest BCUT2D eigenvalue weighted by molar-refractivity contribution is -0.130. The maximum absolute atomic E-state index is 12.3. The van der Waals surface area contributed by atoms with Gasteiger partial charge in [0.05, 0.1) is 4.91 Å². The second-order valence-corrected chi connectivity index (χ2v) is 6.97. The minimum absolute atomic E-state index is 0.256. The maximum atomic E-state index is 12.3. The van der Waals surface area contributed by atoms with Crippen LogP contribution in [0.25, 0.3) is 6.08 Å². The molecule has 1 heterocycles. The average molecular weight is 318 g/mol. The SMILES string of the molecule is CC(C)(C)NC(=O)CN1C(=O)SC(=Cc2ccccc2)C1=O. The summed E-state index contributed by atoms with van der Waals surface area (Å²) in [6.07, 6.45) is 1.66. The molecule has 1 aromatic carbocycles. The van der Waals surface area contributed by atoms with Crippen molar-refractivity contribution in [1.29, 1.82) is 0 Å². The second-order valence-electron chi connectivity index (χ2n) is 5.98. The zero-order valence-corrected chi connectivity index (χ0v) is 13.6. The van der Waals surface area contributed by atoms with Crippen molar-refractivity contribution in [2.24, 2.45) is 0 Å². The Balaban J connectivity index is 2.09. The zero-order valence-electron chi connectivity index (χ0n) is 12.8. The molecule has 0 bridgehead atoms. The van der Waals surface area contributed by atoms with Gasteiger partial charge in [-0.2, -0.15) is 0 Å². The fourth-order valence-electron chi connectivity index (χ4n) is 1.94. The predicted octanol–water partition coefficient (Wildman–Crippen LogP) is 2.64. The highest BCUT2D eigenvalue weighted by Gasteiger charge is 2.36. The van der Waals surface area contributed by atoms with Gasteiger partial charge in [0.1, 0.15) is 6.54 Å². The number of nitrogens with one attached hydrogen (secondary N) is 1. The molecule has 0 radical (unpaired) electrons. The molecule has 1 fully saturated rings. The van der Waals surface area contributed by atoms with Gasteiger partial charge in [0.25, 0.3) is 11.1 Å². The number of rotatable bonds is 3. The van der Waals surface area contributed by atoms with E-state index in [0.29, 0.717) is 4.91 Å². The summed E-state index contributed by atoms with van der Waals surface area (Å²) in [4.78, 5) is 37.4. The first kappa shape index (κ1) is 16.3. The summed E-state index contributed by atoms with van der Waals surface area (Å²) >= 11 is 0.855. The lowest BCUT2D eigenvalue weighted by atomic mass is 10.1. The Labute approximate surface area is 133 Å². The van der Waals surface area contributed by atoms with Crippen LogP contribution < -0.4 is 5.32 Å². The van der Waals surface area contributed by atoms with Crippen LogP contribution in [0.4, 0.5) is 4.79 Å². The molecular formula is C16H18N2O3S. The largest absolute Gasteiger partial charge is 0.350 e. The van der Waals surface area contributed by atoms with Crippen LogP contribution in [0.2, 0.25) is 0 Å². The van der Waals surface area contributed by atoms with Crippen LogP contribution in [-0.4, -0.2) is 34.0 Å². The summed E-state index contributed by atoms with van der Waals surface area (Å²) in [6, 6.07) is 9.28. The quantitative estimate of drug-likeness (QED) is 0.870. The van der Waals surface area contributed by atoms with E-state index in [1.54, 1.807) is 6.08 Å². The predicted molar refractivity (Wildman–Crippen MR) is 87.0 cm³/mol. The molecule has 0 unspecified atom stereocenters. The topological polar surface area (TPSA) is 66.5 Å². The Kier molecular flexibility index (Phi) is 4.71. The van der Waals surface area contributed by atoms with Gasteiger partial charge in [0, 0.05) is 5.54 Å². The van der Waals surface area contributed by atoms with Crippen molar-refractivity contribution in [2.45, 2.75) is 26.3 Å². The highest BCUT2D eigenvalue weighted by molar-refractivity contribution is 8.18. The van der Waals surface area contributed by atoms with Crippen molar-refractivity contribution in [1.82, 2.24) is 10.2 Å². The molecule has 5 nitrogen and oxygen atoms in total. The van der Waals surface area contributed by atoms with Gasteiger partial charge in [-0.3, -0.25) is 19.3 Å². The van der Waals surface area contributed by atoms with Crippen LogP contribution in [0.1, 0.15) is 26.3 Å². The van der Waals surface area contributed by atoms with E-state index >= 15 is 0 Å². The second kappa shape index (κ2) is 6.36. The number of carbonyl (C=O) groups is 3. The molecule has 1 aromatic rings. The smallest absolute Gasteiger partial charge is 0.294 e. The molecule has 22 heavy (non-hydrogen) atoms. The highest BCUT2D eigenvalue weighted by atomic mass is 32.2. The summed E-state index contributed by atoms with van der Waals surface area (Å²) in [5.41, 5.74) is 0.436. The van der Waals surface area contributed by atoms with E-state index in [2.05, 4.69) is 5.32 Å². The minimum atomic E-state index is -0.428. The van der Waals surface area contributed by atoms with Gasteiger partial charge in [-0.05, 0) is 44.2 Å². The number of imide groups is 1. The van der Waals surface area contributed by atoms with Crippen molar-refractivity contribution in [3.63, 3.8) is 0 Å². The van der Waals surface area contributed by atoms with Crippen LogP contribution in [-0.2, 0) is 9.59 Å². The van der Waals surface area contributed by atoms with E-state index in [0.717, 1.165) is 22.2 Å². The molecule has 0 saturated carbocycles. The van der Waals surface area contributed by atoms with Crippen LogP contribution in [0, 0.1) is 0 Å². The monoisotopic (exact) mass is 318 g/mol. The third-order valence-corrected chi connectivity index (χ3v) is 3.69. The lowest BCUT2D eigenvalue weighted by Crippen LogP contribution is -2.46. The molecule has 6 heteroatoms. The molecule has 1 aliphatic heterocycles. The Morgan fingerprint density at radius 2 is 1.86 bits per heavy atom. The third-order valence-electron chi connectivity index (χ3n) is 2.79. The highest BCUT2D eigenvalue weighted by Crippen LogP contribution is 2.31. The van der Waals surface area contributed by atoms with Crippen molar-refractivity contribution in [2.75, 3.05) is 6.54 Å². The summed E-state index contributed by atoms with van der Waals surface area (Å²) in [7, 11) is 0. The van der Waals surface area contributed by atoms with Gasteiger partial charge >= 0.3 is 0 Å². The van der Waals surface area contributed by atoms with Crippen molar-refractivity contribution >= 4 is 34.9 Å². The van der Waals surface area contributed by atoms with E-state index in [9.17, 15) is 14.4 Å². The van der Waals surface area contributed by atoms with E-state index in [1.165, 1.54) is 0 Å². The molecule has 0 aromatic heterocycles. The number of amides is 3. The fraction of sp³-hybridized carbons (Fsp3) is 0.312. The van der Waals surface area contributed by atoms with Gasteiger partial charge < -0.3 is 5.32 Å². The maximum Gasteiger partial charge on any atom is 0.294 e. The number of hydrogen-bond acceptors (Lipinski definition) is 4. The molecule has 3 amide bonds. The van der Waals surface area contributed by atoms with E-state index in [4.69, 9.17) is 0 Å². The Bertz CT molecular complexity index is 633. The van der Waals surface area contributed by atoms with Gasteiger partial charge in [0.15, 0.2) is 0 Å². The van der Waals surface area contributed by atoms with Crippen LogP contribution >= 0.6 is 11.8 Å². The lowest BCUT2D eigenvalue weighted by Gasteiger charge is -2.22. The Morgan fingerprint density at radius 3 is 2.45 bits per heavy atom. The summed E-state index contributed by atoms with van der Waals surface area (Å²) in [6.45, 7) is 5.27. The zero-order chi connectivity index (χ0) is 16.3. The van der Waals surface area contributed by atoms with Crippen molar-refractivity contribution in [3.8, 4) is 0 Å². The van der Waals surface area contributed by atoms with Crippen LogP contribution in [0.3, 0.4) is 0 Å². The number of hydrogen-bond donors (Lipinski definition) is 1. The first-order valence-corrected chi connectivity index (χ1v) is 7.69. The fourth-order valence-corrected chi connectivity index (χ4v) is 2.78. The number of nitrogens with zero attached hydrogens (tertiary/aromatic N) is 1. The van der Waals surface area contributed by atoms with Crippen molar-refractivity contribution in [3.05, 3.63) is 40.8 Å². The summed E-state index contributed by atoms with van der Waals surface area (Å²) in [5, 5.41) is 2.32. The average Bonchev–Trinajstić information content (AvgIpc) is 2.66. The normalized spacial score (nSPS) is 17.2. The van der Waals surface area contributed by atoms with Crippen LogP contribution in [0.5, 0.6) is 0 Å². The van der Waals surface area contributed by atoms with Gasteiger partial charge in [-0.1, -0.05) is 30.3 Å². The van der Waals surface area contributed by atoms with Gasteiger partial charge in [0.2, 0.25) is 5.91 Å². The number of benzene rings is 1. The van der Waals surface area contributed by atoms with Crippen LogP contribution in [0.15, 0.2) is 35.2 Å². The van der Waals surface area contributed by atoms with Crippen molar-refractivity contribution < 1.29 is 14.4 Å². The molecule has 1 aliphatic rings. The van der Waals surface area contributed by atoms with E-state index < -0.39 is 16.7 Å². The van der Waals surface area contributed by atoms with E-state index in [-0.39, 0.29) is 12.5 Å². The summed E-state index contributed by atoms with van der Waals surface area (Å²) < 4.78 is 0. The Hall–Kier alpha value is -2.08. The van der Waals surface area contributed by atoms with Gasteiger partial charge in [-0.15, -0.1) is 0 Å². The number of thioether (sulfide) groups is 1. The molecule has 0 atom stereocenters.